The number of nitrogens with zero attached hydrogens (tertiary/aromatic N) is 1. The van der Waals surface area contributed by atoms with Gasteiger partial charge in [-0.3, -0.25) is 9.69 Å². The molecule has 0 aromatic rings. The van der Waals surface area contributed by atoms with Crippen molar-refractivity contribution in [3.63, 3.8) is 0 Å². The number of aliphatic carboxylic acids is 1. The summed E-state index contributed by atoms with van der Waals surface area (Å²) in [5.41, 5.74) is 0.0197. The first-order valence-electron chi connectivity index (χ1n) is 5.15. The van der Waals surface area contributed by atoms with Gasteiger partial charge in [0.25, 0.3) is 0 Å². The Bertz CT molecular complexity index is 217. The first-order valence-corrected chi connectivity index (χ1v) is 5.15. The van der Waals surface area contributed by atoms with Crippen LogP contribution in [0.2, 0.25) is 0 Å². The fourth-order valence-corrected chi connectivity index (χ4v) is 3.09. The van der Waals surface area contributed by atoms with Gasteiger partial charge in [0.1, 0.15) is 0 Å². The second-order valence-electron chi connectivity index (χ2n) is 4.36. The lowest BCUT2D eigenvalue weighted by molar-refractivity contribution is -0.145. The second-order valence-corrected chi connectivity index (χ2v) is 4.36. The highest BCUT2D eigenvalue weighted by Gasteiger charge is 2.50. The lowest BCUT2D eigenvalue weighted by Gasteiger charge is -2.35. The number of hydrogen-bond donors (Lipinski definition) is 1. The van der Waals surface area contributed by atoms with E-state index in [-0.39, 0.29) is 11.5 Å². The molecule has 0 bridgehead atoms. The monoisotopic (exact) mass is 183 g/mol. The molecule has 0 radical (unpaired) electrons. The Balaban J connectivity index is 2.22. The maximum absolute atomic E-state index is 11.0. The van der Waals surface area contributed by atoms with Crippen LogP contribution in [0.4, 0.5) is 0 Å². The lowest BCUT2D eigenvalue weighted by Crippen LogP contribution is -2.47. The van der Waals surface area contributed by atoms with Gasteiger partial charge in [0.2, 0.25) is 0 Å². The normalized spacial score (nSPS) is 28.7. The second kappa shape index (κ2) is 2.98. The Hall–Kier alpha value is -0.570. The SMILES string of the molecule is CC(C(=O)O)C12CCCN1CCC2. The predicted molar refractivity (Wildman–Crippen MR) is 49.6 cm³/mol. The minimum Gasteiger partial charge on any atom is -0.481 e. The molecule has 1 atom stereocenters. The summed E-state index contributed by atoms with van der Waals surface area (Å²) in [5.74, 6) is -0.828. The largest absolute Gasteiger partial charge is 0.481 e. The zero-order valence-electron chi connectivity index (χ0n) is 8.12. The van der Waals surface area contributed by atoms with E-state index in [0.29, 0.717) is 0 Å². The molecular formula is C10H17NO2. The predicted octanol–water partition coefficient (Wildman–Crippen LogP) is 1.34. The van der Waals surface area contributed by atoms with Crippen LogP contribution in [0.5, 0.6) is 0 Å². The molecule has 0 aromatic carbocycles. The van der Waals surface area contributed by atoms with Crippen molar-refractivity contribution in [3.8, 4) is 0 Å². The molecular weight excluding hydrogens is 166 g/mol. The first-order chi connectivity index (χ1) is 6.17. The van der Waals surface area contributed by atoms with Gasteiger partial charge < -0.3 is 5.11 Å². The lowest BCUT2D eigenvalue weighted by atomic mass is 9.81. The molecule has 1 N–H and O–H groups in total. The Morgan fingerprint density at radius 2 is 1.92 bits per heavy atom. The standard InChI is InChI=1S/C10H17NO2/c1-8(9(12)13)10-4-2-6-11(10)7-3-5-10/h8H,2-7H2,1H3,(H,12,13). The van der Waals surface area contributed by atoms with E-state index in [4.69, 9.17) is 5.11 Å². The van der Waals surface area contributed by atoms with Crippen LogP contribution in [0.1, 0.15) is 32.6 Å². The number of carboxylic acids is 1. The number of rotatable bonds is 2. The van der Waals surface area contributed by atoms with Crippen LogP contribution in [-0.4, -0.2) is 34.6 Å². The third kappa shape index (κ3) is 1.17. The number of carboxylic acid groups (broad SMARTS) is 1. The van der Waals surface area contributed by atoms with Crippen LogP contribution in [0.15, 0.2) is 0 Å². The van der Waals surface area contributed by atoms with Crippen LogP contribution in [0.3, 0.4) is 0 Å². The Kier molecular flexibility index (Phi) is 2.06. The highest BCUT2D eigenvalue weighted by Crippen LogP contribution is 2.44. The summed E-state index contributed by atoms with van der Waals surface area (Å²) in [6, 6.07) is 0. The molecule has 2 aliphatic rings. The summed E-state index contributed by atoms with van der Waals surface area (Å²) >= 11 is 0. The summed E-state index contributed by atoms with van der Waals surface area (Å²) < 4.78 is 0. The maximum atomic E-state index is 11.0. The molecule has 13 heavy (non-hydrogen) atoms. The van der Waals surface area contributed by atoms with E-state index in [1.54, 1.807) is 0 Å². The molecule has 2 heterocycles. The molecule has 0 aliphatic carbocycles. The Morgan fingerprint density at radius 1 is 1.38 bits per heavy atom. The summed E-state index contributed by atoms with van der Waals surface area (Å²) in [6.07, 6.45) is 4.52. The quantitative estimate of drug-likeness (QED) is 0.702. The molecule has 2 fully saturated rings. The first kappa shape index (κ1) is 9.00. The molecule has 1 unspecified atom stereocenters. The molecule has 0 aromatic heterocycles. The zero-order valence-corrected chi connectivity index (χ0v) is 8.12. The summed E-state index contributed by atoms with van der Waals surface area (Å²) in [5, 5.41) is 9.06. The minimum absolute atomic E-state index is 0.0197. The Morgan fingerprint density at radius 3 is 2.38 bits per heavy atom. The highest BCUT2D eigenvalue weighted by molar-refractivity contribution is 5.71. The van der Waals surface area contributed by atoms with Crippen LogP contribution in [-0.2, 0) is 4.79 Å². The molecule has 3 nitrogen and oxygen atoms in total. The minimum atomic E-state index is -0.631. The molecule has 0 spiro atoms. The van der Waals surface area contributed by atoms with Crippen molar-refractivity contribution in [2.24, 2.45) is 5.92 Å². The average molecular weight is 183 g/mol. The highest BCUT2D eigenvalue weighted by atomic mass is 16.4. The van der Waals surface area contributed by atoms with Crippen LogP contribution < -0.4 is 0 Å². The van der Waals surface area contributed by atoms with Crippen molar-refractivity contribution in [3.05, 3.63) is 0 Å². The van der Waals surface area contributed by atoms with Crippen molar-refractivity contribution in [2.45, 2.75) is 38.1 Å². The van der Waals surface area contributed by atoms with Gasteiger partial charge in [0.05, 0.1) is 5.92 Å². The van der Waals surface area contributed by atoms with Gasteiger partial charge in [-0.1, -0.05) is 6.92 Å². The molecule has 74 valence electrons. The number of hydrogen-bond acceptors (Lipinski definition) is 2. The molecule has 0 saturated carbocycles. The van der Waals surface area contributed by atoms with E-state index < -0.39 is 5.97 Å². The van der Waals surface area contributed by atoms with E-state index in [9.17, 15) is 4.79 Å². The fourth-order valence-electron chi connectivity index (χ4n) is 3.09. The molecule has 2 aliphatic heterocycles. The molecule has 3 heteroatoms. The van der Waals surface area contributed by atoms with E-state index in [2.05, 4.69) is 4.90 Å². The van der Waals surface area contributed by atoms with Gasteiger partial charge >= 0.3 is 5.97 Å². The van der Waals surface area contributed by atoms with Gasteiger partial charge in [-0.15, -0.1) is 0 Å². The number of carbonyl (C=O) groups is 1. The molecule has 2 rings (SSSR count). The summed E-state index contributed by atoms with van der Waals surface area (Å²) in [6.45, 7) is 4.08. The van der Waals surface area contributed by atoms with Gasteiger partial charge in [-0.25, -0.2) is 0 Å². The summed E-state index contributed by atoms with van der Waals surface area (Å²) in [7, 11) is 0. The topological polar surface area (TPSA) is 40.5 Å². The summed E-state index contributed by atoms with van der Waals surface area (Å²) in [4.78, 5) is 13.4. The third-order valence-electron chi connectivity index (χ3n) is 3.88. The van der Waals surface area contributed by atoms with Crippen molar-refractivity contribution in [2.75, 3.05) is 13.1 Å². The van der Waals surface area contributed by atoms with Crippen molar-refractivity contribution < 1.29 is 9.90 Å². The molecule has 2 saturated heterocycles. The number of fused-ring (bicyclic) bond motifs is 1. The van der Waals surface area contributed by atoms with E-state index in [1.807, 2.05) is 6.92 Å². The van der Waals surface area contributed by atoms with Gasteiger partial charge in [0.15, 0.2) is 0 Å². The van der Waals surface area contributed by atoms with Gasteiger partial charge in [0, 0.05) is 5.54 Å². The molecule has 0 amide bonds. The van der Waals surface area contributed by atoms with E-state index >= 15 is 0 Å². The van der Waals surface area contributed by atoms with Gasteiger partial charge in [-0.2, -0.15) is 0 Å². The van der Waals surface area contributed by atoms with Crippen LogP contribution in [0.25, 0.3) is 0 Å². The maximum Gasteiger partial charge on any atom is 0.308 e. The van der Waals surface area contributed by atoms with Crippen LogP contribution in [0, 0.1) is 5.92 Å². The Labute approximate surface area is 78.7 Å². The van der Waals surface area contributed by atoms with Crippen molar-refractivity contribution >= 4 is 5.97 Å². The van der Waals surface area contributed by atoms with E-state index in [0.717, 1.165) is 25.9 Å². The van der Waals surface area contributed by atoms with Crippen LogP contribution >= 0.6 is 0 Å². The van der Waals surface area contributed by atoms with E-state index in [1.165, 1.54) is 12.8 Å². The van der Waals surface area contributed by atoms with Crippen molar-refractivity contribution in [1.29, 1.82) is 0 Å². The van der Waals surface area contributed by atoms with Crippen molar-refractivity contribution in [1.82, 2.24) is 4.90 Å². The average Bonchev–Trinajstić information content (AvgIpc) is 2.59. The fraction of sp³-hybridized carbons (Fsp3) is 0.900. The smallest absolute Gasteiger partial charge is 0.308 e. The third-order valence-corrected chi connectivity index (χ3v) is 3.88. The zero-order chi connectivity index (χ0) is 9.47. The van der Waals surface area contributed by atoms with Gasteiger partial charge in [-0.05, 0) is 38.8 Å².